The van der Waals surface area contributed by atoms with Crippen LogP contribution in [0.4, 0.5) is 0 Å². The standard InChI is InChI=1S/C12H8OS4/c13-12-16-10-11(17-12)15-9-7-4-2-1-3-6(7)5-8(9)14-10/h1-4,8-9H,5H2/t8-,9-/m0/s1. The first kappa shape index (κ1) is 10.7. The van der Waals surface area contributed by atoms with E-state index in [9.17, 15) is 4.79 Å². The van der Waals surface area contributed by atoms with E-state index in [1.165, 1.54) is 42.2 Å². The Hall–Kier alpha value is -0.230. The molecule has 2 aliphatic rings. The van der Waals surface area contributed by atoms with Gasteiger partial charge in [-0.05, 0) is 17.5 Å². The Kier molecular flexibility index (Phi) is 2.44. The number of thioether (sulfide) groups is 2. The highest BCUT2D eigenvalue weighted by atomic mass is 32.2. The van der Waals surface area contributed by atoms with Crippen LogP contribution in [-0.2, 0) is 6.42 Å². The van der Waals surface area contributed by atoms with Gasteiger partial charge < -0.3 is 0 Å². The normalized spacial score (nSPS) is 25.2. The molecule has 1 aliphatic carbocycles. The summed E-state index contributed by atoms with van der Waals surface area (Å²) in [5.74, 6) is 0. The SMILES string of the molecule is O=c1sc2c(s1)S[C@H]1c3ccccc3C[C@@H]1S2. The Morgan fingerprint density at radius 2 is 1.82 bits per heavy atom. The first-order valence-electron chi connectivity index (χ1n) is 5.36. The van der Waals surface area contributed by atoms with Crippen LogP contribution in [0.2, 0.25) is 0 Å². The number of rotatable bonds is 0. The number of benzene rings is 1. The third-order valence-electron chi connectivity index (χ3n) is 3.13. The van der Waals surface area contributed by atoms with Crippen molar-refractivity contribution in [3.8, 4) is 0 Å². The van der Waals surface area contributed by atoms with E-state index in [1.807, 2.05) is 23.5 Å². The van der Waals surface area contributed by atoms with E-state index >= 15 is 0 Å². The maximum Gasteiger partial charge on any atom is 0.289 e. The van der Waals surface area contributed by atoms with Gasteiger partial charge in [0.1, 0.15) is 0 Å². The van der Waals surface area contributed by atoms with Gasteiger partial charge in [0.2, 0.25) is 0 Å². The van der Waals surface area contributed by atoms with Crippen molar-refractivity contribution in [2.24, 2.45) is 0 Å². The fraction of sp³-hybridized carbons (Fsp3) is 0.250. The van der Waals surface area contributed by atoms with Crippen LogP contribution >= 0.6 is 46.2 Å². The van der Waals surface area contributed by atoms with Crippen LogP contribution in [0, 0.1) is 0 Å². The Labute approximate surface area is 115 Å². The molecule has 0 saturated carbocycles. The molecule has 0 spiro atoms. The molecule has 2 heterocycles. The highest BCUT2D eigenvalue weighted by molar-refractivity contribution is 8.08. The van der Waals surface area contributed by atoms with Gasteiger partial charge in [-0.25, -0.2) is 0 Å². The molecular formula is C12H8OS4. The monoisotopic (exact) mass is 296 g/mol. The van der Waals surface area contributed by atoms with Crippen molar-refractivity contribution in [3.05, 3.63) is 44.2 Å². The summed E-state index contributed by atoms with van der Waals surface area (Å²) >= 11 is 6.65. The number of hydrogen-bond donors (Lipinski definition) is 0. The lowest BCUT2D eigenvalue weighted by atomic mass is 10.1. The Balaban J connectivity index is 1.81. The average molecular weight is 296 g/mol. The summed E-state index contributed by atoms with van der Waals surface area (Å²) in [5, 5.41) is 1.17. The Morgan fingerprint density at radius 1 is 1.06 bits per heavy atom. The maximum atomic E-state index is 11.4. The van der Waals surface area contributed by atoms with E-state index in [0.717, 1.165) is 6.42 Å². The molecule has 0 radical (unpaired) electrons. The largest absolute Gasteiger partial charge is 0.289 e. The van der Waals surface area contributed by atoms with Gasteiger partial charge in [-0.1, -0.05) is 46.9 Å². The highest BCUT2D eigenvalue weighted by Gasteiger charge is 2.38. The van der Waals surface area contributed by atoms with Crippen LogP contribution in [0.25, 0.3) is 0 Å². The topological polar surface area (TPSA) is 17.1 Å². The maximum absolute atomic E-state index is 11.4. The molecule has 1 aromatic carbocycles. The first-order valence-corrected chi connectivity index (χ1v) is 8.75. The Bertz CT molecular complexity index is 642. The number of hydrogen-bond acceptors (Lipinski definition) is 5. The van der Waals surface area contributed by atoms with Gasteiger partial charge in [0.05, 0.1) is 8.42 Å². The summed E-state index contributed by atoms with van der Waals surface area (Å²) in [5.41, 5.74) is 2.97. The van der Waals surface area contributed by atoms with Crippen LogP contribution in [0.3, 0.4) is 0 Å². The zero-order valence-corrected chi connectivity index (χ0v) is 12.0. The third-order valence-corrected chi connectivity index (χ3v) is 8.92. The minimum Gasteiger partial charge on any atom is -0.265 e. The molecule has 0 fully saturated rings. The van der Waals surface area contributed by atoms with Gasteiger partial charge in [0.25, 0.3) is 4.06 Å². The van der Waals surface area contributed by atoms with Crippen LogP contribution in [0.1, 0.15) is 16.4 Å². The predicted octanol–water partition coefficient (Wildman–Crippen LogP) is 4.03. The van der Waals surface area contributed by atoms with Gasteiger partial charge in [0.15, 0.2) is 0 Å². The van der Waals surface area contributed by atoms with Crippen LogP contribution in [0.15, 0.2) is 37.5 Å². The molecule has 0 N–H and O–H groups in total. The van der Waals surface area contributed by atoms with E-state index in [1.54, 1.807) is 0 Å². The molecule has 1 nitrogen and oxygen atoms in total. The van der Waals surface area contributed by atoms with Gasteiger partial charge in [0, 0.05) is 10.5 Å². The number of fused-ring (bicyclic) bond motifs is 4. The van der Waals surface area contributed by atoms with Crippen molar-refractivity contribution in [1.29, 1.82) is 0 Å². The summed E-state index contributed by atoms with van der Waals surface area (Å²) in [6.45, 7) is 0. The molecule has 2 atom stereocenters. The van der Waals surface area contributed by atoms with Gasteiger partial charge in [-0.2, -0.15) is 0 Å². The molecule has 17 heavy (non-hydrogen) atoms. The molecule has 0 bridgehead atoms. The molecule has 5 heteroatoms. The van der Waals surface area contributed by atoms with Crippen molar-refractivity contribution in [3.63, 3.8) is 0 Å². The molecule has 0 saturated heterocycles. The van der Waals surface area contributed by atoms with E-state index < -0.39 is 0 Å². The van der Waals surface area contributed by atoms with Gasteiger partial charge in [-0.15, -0.1) is 23.5 Å². The van der Waals surface area contributed by atoms with Crippen molar-refractivity contribution in [2.75, 3.05) is 0 Å². The van der Waals surface area contributed by atoms with Crippen molar-refractivity contribution in [1.82, 2.24) is 0 Å². The summed E-state index contributed by atoms with van der Waals surface area (Å²) in [7, 11) is 0. The van der Waals surface area contributed by atoms with E-state index in [-0.39, 0.29) is 4.06 Å². The summed E-state index contributed by atoms with van der Waals surface area (Å²) in [6, 6.07) is 8.73. The average Bonchev–Trinajstić information content (AvgIpc) is 2.84. The molecule has 0 amide bonds. The fourth-order valence-corrected chi connectivity index (χ4v) is 8.64. The fourth-order valence-electron chi connectivity index (χ4n) is 2.42. The molecule has 1 aromatic heterocycles. The van der Waals surface area contributed by atoms with E-state index in [0.29, 0.717) is 10.5 Å². The zero-order chi connectivity index (χ0) is 11.4. The minimum absolute atomic E-state index is 0.239. The third kappa shape index (κ3) is 1.63. The van der Waals surface area contributed by atoms with Crippen LogP contribution in [-0.4, -0.2) is 5.25 Å². The predicted molar refractivity (Wildman–Crippen MR) is 76.9 cm³/mol. The zero-order valence-electron chi connectivity index (χ0n) is 8.71. The van der Waals surface area contributed by atoms with Crippen molar-refractivity contribution in [2.45, 2.75) is 25.3 Å². The minimum atomic E-state index is 0.239. The molecule has 1 aliphatic heterocycles. The second-order valence-corrected chi connectivity index (χ2v) is 9.27. The lowest BCUT2D eigenvalue weighted by Crippen LogP contribution is -2.09. The summed E-state index contributed by atoms with van der Waals surface area (Å²) in [4.78, 5) is 11.4. The summed E-state index contributed by atoms with van der Waals surface area (Å²) in [6.07, 6.45) is 1.15. The van der Waals surface area contributed by atoms with Crippen molar-refractivity contribution >= 4 is 46.2 Å². The second-order valence-electron chi connectivity index (χ2n) is 4.13. The molecule has 86 valence electrons. The van der Waals surface area contributed by atoms with E-state index in [2.05, 4.69) is 24.3 Å². The summed E-state index contributed by atoms with van der Waals surface area (Å²) < 4.78 is 2.73. The smallest absolute Gasteiger partial charge is 0.265 e. The van der Waals surface area contributed by atoms with Crippen LogP contribution < -0.4 is 4.06 Å². The highest BCUT2D eigenvalue weighted by Crippen LogP contribution is 2.58. The van der Waals surface area contributed by atoms with Crippen LogP contribution in [0.5, 0.6) is 0 Å². The van der Waals surface area contributed by atoms with Gasteiger partial charge >= 0.3 is 0 Å². The Morgan fingerprint density at radius 3 is 2.71 bits per heavy atom. The quantitative estimate of drug-likeness (QED) is 0.730. The lowest BCUT2D eigenvalue weighted by Gasteiger charge is -2.23. The first-order chi connectivity index (χ1) is 8.31. The molecule has 2 aromatic rings. The van der Waals surface area contributed by atoms with Gasteiger partial charge in [-0.3, -0.25) is 4.79 Å². The van der Waals surface area contributed by atoms with E-state index in [4.69, 9.17) is 0 Å². The molecule has 4 rings (SSSR count). The molecular weight excluding hydrogens is 288 g/mol. The van der Waals surface area contributed by atoms with Crippen molar-refractivity contribution < 1.29 is 0 Å². The molecule has 0 unspecified atom stereocenters. The lowest BCUT2D eigenvalue weighted by molar-refractivity contribution is 0.906. The second kappa shape index (κ2) is 3.88.